The maximum Gasteiger partial charge on any atom is 0.236 e. The fourth-order valence-corrected chi connectivity index (χ4v) is 2.90. The van der Waals surface area contributed by atoms with Gasteiger partial charge < -0.3 is 10.6 Å². The first kappa shape index (κ1) is 19.9. The predicted octanol–water partition coefficient (Wildman–Crippen LogP) is 2.27. The maximum atomic E-state index is 13.7. The van der Waals surface area contributed by atoms with E-state index in [1.807, 2.05) is 0 Å². The van der Waals surface area contributed by atoms with Crippen LogP contribution in [-0.4, -0.2) is 48.4 Å². The monoisotopic (exact) mass is 343 g/mol. The number of nitrogens with two attached hydrogens (primary N) is 1. The summed E-state index contributed by atoms with van der Waals surface area (Å²) >= 11 is 0. The molecule has 1 fully saturated rings. The van der Waals surface area contributed by atoms with Crippen molar-refractivity contribution < 1.29 is 9.18 Å². The molecule has 23 heavy (non-hydrogen) atoms. The van der Waals surface area contributed by atoms with E-state index in [0.717, 1.165) is 19.5 Å². The van der Waals surface area contributed by atoms with Crippen molar-refractivity contribution >= 4 is 18.3 Å². The zero-order chi connectivity index (χ0) is 16.3. The summed E-state index contributed by atoms with van der Waals surface area (Å²) < 4.78 is 13.7. The third-order valence-corrected chi connectivity index (χ3v) is 4.54. The molecule has 0 saturated carbocycles. The van der Waals surface area contributed by atoms with E-state index >= 15 is 0 Å². The van der Waals surface area contributed by atoms with E-state index in [0.29, 0.717) is 18.7 Å². The second-order valence-electron chi connectivity index (χ2n) is 6.94. The molecule has 0 radical (unpaired) electrons. The molecule has 130 valence electrons. The van der Waals surface area contributed by atoms with Crippen molar-refractivity contribution in [3.63, 3.8) is 0 Å². The standard InChI is InChI=1S/C17H26FN3O.ClH/c1-17(2)12-21(9-8-15(17)19)11-16(22)20(3)10-13-6-4-5-7-14(13)18;/h4-7,15H,8-12,19H2,1-3H3;1H. The van der Waals surface area contributed by atoms with Crippen LogP contribution in [0.25, 0.3) is 0 Å². The van der Waals surface area contributed by atoms with Gasteiger partial charge in [0.15, 0.2) is 0 Å². The van der Waals surface area contributed by atoms with Gasteiger partial charge in [-0.15, -0.1) is 12.4 Å². The van der Waals surface area contributed by atoms with Gasteiger partial charge in [-0.3, -0.25) is 9.69 Å². The van der Waals surface area contributed by atoms with Gasteiger partial charge in [-0.2, -0.15) is 0 Å². The minimum Gasteiger partial charge on any atom is -0.340 e. The van der Waals surface area contributed by atoms with Crippen molar-refractivity contribution in [2.75, 3.05) is 26.7 Å². The molecule has 4 nitrogen and oxygen atoms in total. The van der Waals surface area contributed by atoms with Crippen LogP contribution in [0.5, 0.6) is 0 Å². The van der Waals surface area contributed by atoms with Crippen LogP contribution in [0.15, 0.2) is 24.3 Å². The molecule has 1 aliphatic heterocycles. The highest BCUT2D eigenvalue weighted by Gasteiger charge is 2.34. The van der Waals surface area contributed by atoms with Crippen molar-refractivity contribution in [1.29, 1.82) is 0 Å². The van der Waals surface area contributed by atoms with E-state index in [1.54, 1.807) is 30.1 Å². The molecular weight excluding hydrogens is 317 g/mol. The summed E-state index contributed by atoms with van der Waals surface area (Å²) in [6.07, 6.45) is 0.900. The van der Waals surface area contributed by atoms with E-state index in [4.69, 9.17) is 5.73 Å². The van der Waals surface area contributed by atoms with Crippen LogP contribution in [0.1, 0.15) is 25.8 Å². The third kappa shape index (κ3) is 5.16. The summed E-state index contributed by atoms with van der Waals surface area (Å²) in [5.74, 6) is -0.262. The topological polar surface area (TPSA) is 49.6 Å². The minimum absolute atomic E-state index is 0. The van der Waals surface area contributed by atoms with Crippen LogP contribution in [0, 0.1) is 11.2 Å². The first-order chi connectivity index (χ1) is 10.3. The highest BCUT2D eigenvalue weighted by Crippen LogP contribution is 2.27. The predicted molar refractivity (Wildman–Crippen MR) is 92.9 cm³/mol. The number of amides is 1. The van der Waals surface area contributed by atoms with Crippen molar-refractivity contribution in [3.8, 4) is 0 Å². The molecule has 1 aliphatic rings. The summed E-state index contributed by atoms with van der Waals surface area (Å²) in [7, 11) is 1.72. The highest BCUT2D eigenvalue weighted by molar-refractivity contribution is 5.85. The molecule has 1 aromatic carbocycles. The minimum atomic E-state index is -0.271. The molecule has 1 saturated heterocycles. The van der Waals surface area contributed by atoms with Crippen LogP contribution in [0.2, 0.25) is 0 Å². The largest absolute Gasteiger partial charge is 0.340 e. The highest BCUT2D eigenvalue weighted by atomic mass is 35.5. The van der Waals surface area contributed by atoms with E-state index < -0.39 is 0 Å². The molecule has 0 aromatic heterocycles. The van der Waals surface area contributed by atoms with Crippen LogP contribution in [0.3, 0.4) is 0 Å². The van der Waals surface area contributed by atoms with E-state index in [-0.39, 0.29) is 35.6 Å². The van der Waals surface area contributed by atoms with Gasteiger partial charge in [0.2, 0.25) is 5.91 Å². The van der Waals surface area contributed by atoms with Crippen molar-refractivity contribution in [1.82, 2.24) is 9.80 Å². The Morgan fingerprint density at radius 1 is 1.43 bits per heavy atom. The third-order valence-electron chi connectivity index (χ3n) is 4.54. The van der Waals surface area contributed by atoms with Gasteiger partial charge in [0.05, 0.1) is 6.54 Å². The Balaban J connectivity index is 0.00000264. The lowest BCUT2D eigenvalue weighted by Gasteiger charge is -2.42. The molecule has 2 rings (SSSR count). The number of carbonyl (C=O) groups excluding carboxylic acids is 1. The summed E-state index contributed by atoms with van der Waals surface area (Å²) in [5, 5.41) is 0. The Bertz CT molecular complexity index is 538. The van der Waals surface area contributed by atoms with Gasteiger partial charge in [-0.25, -0.2) is 4.39 Å². The molecule has 1 heterocycles. The molecule has 1 aromatic rings. The van der Waals surface area contributed by atoms with Gasteiger partial charge in [0, 0.05) is 38.3 Å². The molecule has 0 aliphatic carbocycles. The molecule has 0 spiro atoms. The maximum absolute atomic E-state index is 13.7. The normalized spacial score (nSPS) is 20.7. The molecule has 1 atom stereocenters. The number of piperidine rings is 1. The number of carbonyl (C=O) groups is 1. The number of likely N-dealkylation sites (tertiary alicyclic amines) is 1. The van der Waals surface area contributed by atoms with Gasteiger partial charge in [-0.05, 0) is 17.9 Å². The zero-order valence-corrected chi connectivity index (χ0v) is 14.9. The summed E-state index contributed by atoms with van der Waals surface area (Å²) in [6.45, 7) is 6.58. The zero-order valence-electron chi connectivity index (χ0n) is 14.1. The van der Waals surface area contributed by atoms with Gasteiger partial charge >= 0.3 is 0 Å². The second-order valence-corrected chi connectivity index (χ2v) is 6.94. The smallest absolute Gasteiger partial charge is 0.236 e. The van der Waals surface area contributed by atoms with Crippen molar-refractivity contribution in [2.45, 2.75) is 32.9 Å². The molecular formula is C17H27ClFN3O. The molecule has 6 heteroatoms. The van der Waals surface area contributed by atoms with E-state index in [2.05, 4.69) is 18.7 Å². The van der Waals surface area contributed by atoms with Gasteiger partial charge in [0.1, 0.15) is 5.82 Å². The first-order valence-corrected chi connectivity index (χ1v) is 7.75. The molecule has 1 amide bonds. The van der Waals surface area contributed by atoms with Crippen LogP contribution in [0.4, 0.5) is 4.39 Å². The number of hydrogen-bond donors (Lipinski definition) is 1. The second kappa shape index (κ2) is 8.08. The van der Waals surface area contributed by atoms with Crippen LogP contribution in [-0.2, 0) is 11.3 Å². The lowest BCUT2D eigenvalue weighted by Crippen LogP contribution is -2.54. The number of likely N-dealkylation sites (N-methyl/N-ethyl adjacent to an activating group) is 1. The van der Waals surface area contributed by atoms with Crippen LogP contribution >= 0.6 is 12.4 Å². The number of hydrogen-bond acceptors (Lipinski definition) is 3. The Labute approximate surface area is 144 Å². The Hall–Kier alpha value is -1.17. The average molecular weight is 344 g/mol. The van der Waals surface area contributed by atoms with E-state index in [1.165, 1.54) is 6.07 Å². The quantitative estimate of drug-likeness (QED) is 0.912. The van der Waals surface area contributed by atoms with Crippen molar-refractivity contribution in [2.24, 2.45) is 11.1 Å². The molecule has 0 bridgehead atoms. The lowest BCUT2D eigenvalue weighted by molar-refractivity contribution is -0.132. The number of benzene rings is 1. The fourth-order valence-electron chi connectivity index (χ4n) is 2.90. The lowest BCUT2D eigenvalue weighted by atomic mass is 9.80. The summed E-state index contributed by atoms with van der Waals surface area (Å²) in [6, 6.07) is 6.74. The fraction of sp³-hybridized carbons (Fsp3) is 0.588. The first-order valence-electron chi connectivity index (χ1n) is 7.75. The number of rotatable bonds is 4. The average Bonchev–Trinajstić information content (AvgIpc) is 2.45. The van der Waals surface area contributed by atoms with Crippen molar-refractivity contribution in [3.05, 3.63) is 35.6 Å². The molecule has 2 N–H and O–H groups in total. The SMILES string of the molecule is CN(Cc1ccccc1F)C(=O)CN1CCC(N)C(C)(C)C1.Cl. The Morgan fingerprint density at radius 3 is 2.70 bits per heavy atom. The number of nitrogens with zero attached hydrogens (tertiary/aromatic N) is 2. The van der Waals surface area contributed by atoms with Gasteiger partial charge in [0.25, 0.3) is 0 Å². The molecule has 1 unspecified atom stereocenters. The van der Waals surface area contributed by atoms with Gasteiger partial charge in [-0.1, -0.05) is 32.0 Å². The summed E-state index contributed by atoms with van der Waals surface area (Å²) in [4.78, 5) is 16.1. The Morgan fingerprint density at radius 2 is 2.09 bits per heavy atom. The van der Waals surface area contributed by atoms with E-state index in [9.17, 15) is 9.18 Å². The summed E-state index contributed by atoms with van der Waals surface area (Å²) in [5.41, 5.74) is 6.68. The Kier molecular flexibility index (Phi) is 6.99. The van der Waals surface area contributed by atoms with Crippen LogP contribution < -0.4 is 5.73 Å². The number of halogens is 2.